The standard InChI is InChI=1S/C17H17N3O5S2/c1-11(21)18-12-4-3-5-13(8-12)19-17(22)10-27(25)16-7-6-14(26-2)9-15(16)20(23)24/h3-9H,10H2,1-2H3,(H,18,21)(H,19,22). The average molecular weight is 407 g/mol. The van der Waals surface area contributed by atoms with Gasteiger partial charge >= 0.3 is 0 Å². The van der Waals surface area contributed by atoms with E-state index >= 15 is 0 Å². The lowest BCUT2D eigenvalue weighted by molar-refractivity contribution is -0.388. The monoisotopic (exact) mass is 407 g/mol. The molecule has 2 aromatic carbocycles. The molecule has 8 nitrogen and oxygen atoms in total. The molecule has 0 saturated heterocycles. The van der Waals surface area contributed by atoms with Gasteiger partial charge in [0.25, 0.3) is 5.69 Å². The van der Waals surface area contributed by atoms with E-state index in [-0.39, 0.29) is 16.5 Å². The number of hydrogen-bond donors (Lipinski definition) is 2. The maximum absolute atomic E-state index is 12.5. The van der Waals surface area contributed by atoms with Crippen LogP contribution in [0.1, 0.15) is 6.92 Å². The molecular formula is C17H17N3O5S2. The smallest absolute Gasteiger partial charge is 0.286 e. The summed E-state index contributed by atoms with van der Waals surface area (Å²) in [5, 5.41) is 16.4. The molecule has 10 heteroatoms. The lowest BCUT2D eigenvalue weighted by Gasteiger charge is -2.08. The van der Waals surface area contributed by atoms with Crippen LogP contribution in [0.15, 0.2) is 52.3 Å². The van der Waals surface area contributed by atoms with Gasteiger partial charge in [0.1, 0.15) is 10.6 Å². The molecule has 0 fully saturated rings. The predicted octanol–water partition coefficient (Wildman–Crippen LogP) is 3.02. The van der Waals surface area contributed by atoms with Crippen molar-refractivity contribution in [1.82, 2.24) is 0 Å². The van der Waals surface area contributed by atoms with Gasteiger partial charge < -0.3 is 10.6 Å². The quantitative estimate of drug-likeness (QED) is 0.414. The van der Waals surface area contributed by atoms with E-state index in [2.05, 4.69) is 10.6 Å². The second-order valence-corrected chi connectivity index (χ2v) is 7.69. The van der Waals surface area contributed by atoms with E-state index < -0.39 is 27.4 Å². The highest BCUT2D eigenvalue weighted by Crippen LogP contribution is 2.28. The number of nitrogens with one attached hydrogen (secondary N) is 2. The zero-order valence-corrected chi connectivity index (χ0v) is 16.2. The van der Waals surface area contributed by atoms with E-state index in [9.17, 15) is 23.9 Å². The van der Waals surface area contributed by atoms with Crippen molar-refractivity contribution in [3.05, 3.63) is 52.6 Å². The van der Waals surface area contributed by atoms with E-state index in [1.165, 1.54) is 30.8 Å². The van der Waals surface area contributed by atoms with Crippen LogP contribution in [0.4, 0.5) is 17.1 Å². The van der Waals surface area contributed by atoms with E-state index in [0.29, 0.717) is 16.3 Å². The van der Waals surface area contributed by atoms with Crippen LogP contribution in [-0.2, 0) is 20.4 Å². The van der Waals surface area contributed by atoms with Crippen molar-refractivity contribution in [3.8, 4) is 0 Å². The van der Waals surface area contributed by atoms with Gasteiger partial charge in [0.2, 0.25) is 11.8 Å². The first-order valence-corrected chi connectivity index (χ1v) is 10.2. The third kappa shape index (κ3) is 5.90. The molecule has 2 N–H and O–H groups in total. The van der Waals surface area contributed by atoms with E-state index in [1.54, 1.807) is 36.6 Å². The number of carbonyl (C=O) groups excluding carboxylic acids is 2. The van der Waals surface area contributed by atoms with Crippen molar-refractivity contribution in [1.29, 1.82) is 0 Å². The topological polar surface area (TPSA) is 118 Å². The van der Waals surface area contributed by atoms with Crippen LogP contribution in [0, 0.1) is 10.1 Å². The molecular weight excluding hydrogens is 390 g/mol. The first-order chi connectivity index (χ1) is 12.8. The molecule has 2 aromatic rings. The Morgan fingerprint density at radius 1 is 1.15 bits per heavy atom. The van der Waals surface area contributed by atoms with Crippen LogP contribution in [0.2, 0.25) is 0 Å². The van der Waals surface area contributed by atoms with Gasteiger partial charge in [-0.15, -0.1) is 11.8 Å². The molecule has 0 aliphatic heterocycles. The van der Waals surface area contributed by atoms with Crippen molar-refractivity contribution in [2.75, 3.05) is 22.6 Å². The zero-order chi connectivity index (χ0) is 20.0. The Morgan fingerprint density at radius 2 is 1.81 bits per heavy atom. The van der Waals surface area contributed by atoms with Gasteiger partial charge in [0.15, 0.2) is 0 Å². The number of nitrogens with zero attached hydrogens (tertiary/aromatic N) is 1. The first-order valence-electron chi connectivity index (χ1n) is 7.68. The number of carbonyl (C=O) groups is 2. The Labute approximate surface area is 162 Å². The minimum Gasteiger partial charge on any atom is -0.326 e. The summed E-state index contributed by atoms with van der Waals surface area (Å²) in [5.74, 6) is -1.23. The molecule has 0 aromatic heterocycles. The maximum Gasteiger partial charge on any atom is 0.286 e. The Hall–Kier alpha value is -2.72. The van der Waals surface area contributed by atoms with E-state index in [4.69, 9.17) is 0 Å². The number of benzene rings is 2. The van der Waals surface area contributed by atoms with Crippen LogP contribution >= 0.6 is 11.8 Å². The van der Waals surface area contributed by atoms with Crippen LogP contribution in [0.3, 0.4) is 0 Å². The number of hydrogen-bond acceptors (Lipinski definition) is 6. The van der Waals surface area contributed by atoms with Crippen LogP contribution in [0.5, 0.6) is 0 Å². The summed E-state index contributed by atoms with van der Waals surface area (Å²) in [6.07, 6.45) is 1.78. The normalized spacial score (nSPS) is 11.5. The summed E-state index contributed by atoms with van der Waals surface area (Å²) in [6.45, 7) is 1.36. The van der Waals surface area contributed by atoms with Crippen molar-refractivity contribution in [2.24, 2.45) is 0 Å². The van der Waals surface area contributed by atoms with E-state index in [0.717, 1.165) is 0 Å². The van der Waals surface area contributed by atoms with Crippen LogP contribution in [0.25, 0.3) is 0 Å². The third-order valence-corrected chi connectivity index (χ3v) is 5.42. The van der Waals surface area contributed by atoms with E-state index in [1.807, 2.05) is 0 Å². The van der Waals surface area contributed by atoms with Crippen molar-refractivity contribution in [2.45, 2.75) is 16.7 Å². The summed E-state index contributed by atoms with van der Waals surface area (Å²) in [7, 11) is -1.88. The molecule has 1 unspecified atom stereocenters. The molecule has 0 spiro atoms. The number of rotatable bonds is 7. The van der Waals surface area contributed by atoms with Gasteiger partial charge in [0, 0.05) is 29.3 Å². The summed E-state index contributed by atoms with van der Waals surface area (Å²) >= 11 is 1.33. The molecule has 27 heavy (non-hydrogen) atoms. The Bertz CT molecular complexity index is 917. The maximum atomic E-state index is 12.5. The summed E-state index contributed by atoms with van der Waals surface area (Å²) in [6, 6.07) is 10.8. The lowest BCUT2D eigenvalue weighted by atomic mass is 10.2. The largest absolute Gasteiger partial charge is 0.326 e. The van der Waals surface area contributed by atoms with Crippen molar-refractivity contribution < 1.29 is 18.7 Å². The van der Waals surface area contributed by atoms with Gasteiger partial charge in [-0.3, -0.25) is 23.9 Å². The van der Waals surface area contributed by atoms with Crippen LogP contribution in [-0.4, -0.2) is 33.0 Å². The second kappa shape index (κ2) is 9.28. The summed E-state index contributed by atoms with van der Waals surface area (Å²) in [4.78, 5) is 34.5. The molecule has 1 atom stereocenters. The number of amides is 2. The minimum atomic E-state index is -1.88. The van der Waals surface area contributed by atoms with Crippen molar-refractivity contribution in [3.63, 3.8) is 0 Å². The lowest BCUT2D eigenvalue weighted by Crippen LogP contribution is -2.20. The summed E-state index contributed by atoms with van der Waals surface area (Å²) < 4.78 is 12.5. The fourth-order valence-corrected chi connectivity index (χ4v) is 3.72. The van der Waals surface area contributed by atoms with Gasteiger partial charge in [-0.2, -0.15) is 0 Å². The van der Waals surface area contributed by atoms with Gasteiger partial charge in [-0.25, -0.2) is 0 Å². The first kappa shape index (κ1) is 20.6. The highest BCUT2D eigenvalue weighted by Gasteiger charge is 2.21. The SMILES string of the molecule is CSc1ccc(S(=O)CC(=O)Nc2cccc(NC(C)=O)c2)c([N+](=O)[O-])c1. The third-order valence-electron chi connectivity index (χ3n) is 3.34. The molecule has 0 aliphatic carbocycles. The number of nitro groups is 1. The second-order valence-electron chi connectivity index (χ2n) is 5.39. The average Bonchev–Trinajstić information content (AvgIpc) is 2.60. The fraction of sp³-hybridized carbons (Fsp3) is 0.176. The van der Waals surface area contributed by atoms with Gasteiger partial charge in [-0.1, -0.05) is 6.07 Å². The highest BCUT2D eigenvalue weighted by atomic mass is 32.2. The Kier molecular flexibility index (Phi) is 7.08. The van der Waals surface area contributed by atoms with Crippen molar-refractivity contribution >= 4 is 51.4 Å². The minimum absolute atomic E-state index is 0.0000490. The molecule has 2 rings (SSSR count). The molecule has 0 bridgehead atoms. The highest BCUT2D eigenvalue weighted by molar-refractivity contribution is 7.98. The molecule has 142 valence electrons. The number of anilines is 2. The molecule has 0 heterocycles. The predicted molar refractivity (Wildman–Crippen MR) is 106 cm³/mol. The van der Waals surface area contributed by atoms with Crippen LogP contribution < -0.4 is 10.6 Å². The number of thioether (sulfide) groups is 1. The van der Waals surface area contributed by atoms with Gasteiger partial charge in [0.05, 0.1) is 15.7 Å². The summed E-state index contributed by atoms with van der Waals surface area (Å²) in [5.41, 5.74) is 0.640. The fourth-order valence-electron chi connectivity index (χ4n) is 2.23. The molecule has 0 aliphatic rings. The Morgan fingerprint density at radius 3 is 2.41 bits per heavy atom. The zero-order valence-electron chi connectivity index (χ0n) is 14.6. The van der Waals surface area contributed by atoms with Gasteiger partial charge in [-0.05, 0) is 36.6 Å². The molecule has 0 radical (unpaired) electrons. The molecule has 2 amide bonds. The Balaban J connectivity index is 2.11. The molecule has 0 saturated carbocycles. The number of nitro benzene ring substituents is 1.